The maximum atomic E-state index is 12.2. The van der Waals surface area contributed by atoms with Crippen molar-refractivity contribution in [1.29, 1.82) is 0 Å². The van der Waals surface area contributed by atoms with Crippen molar-refractivity contribution in [1.82, 2.24) is 4.98 Å². The number of nitro groups is 2. The first kappa shape index (κ1) is 17.7. The summed E-state index contributed by atoms with van der Waals surface area (Å²) in [5.41, 5.74) is -1.03. The lowest BCUT2D eigenvalue weighted by Gasteiger charge is -2.07. The fourth-order valence-corrected chi connectivity index (χ4v) is 1.90. The summed E-state index contributed by atoms with van der Waals surface area (Å²) in [5.74, 6) is -0.261. The van der Waals surface area contributed by atoms with Gasteiger partial charge in [0.15, 0.2) is 0 Å². The monoisotopic (exact) mass is 347 g/mol. The second kappa shape index (κ2) is 7.79. The number of carbonyl (C=O) groups is 1. The van der Waals surface area contributed by atoms with Crippen LogP contribution in [-0.2, 0) is 0 Å². The van der Waals surface area contributed by atoms with Crippen molar-refractivity contribution < 1.29 is 19.7 Å². The normalized spacial score (nSPS) is 10.1. The summed E-state index contributed by atoms with van der Waals surface area (Å²) in [4.78, 5) is 36.3. The topological polar surface area (TPSA) is 161 Å². The summed E-state index contributed by atoms with van der Waals surface area (Å²) in [6, 6.07) is 5.76. The zero-order valence-corrected chi connectivity index (χ0v) is 12.7. The van der Waals surface area contributed by atoms with Crippen LogP contribution in [0.1, 0.15) is 10.4 Å². The third-order valence-corrected chi connectivity index (χ3v) is 3.03. The van der Waals surface area contributed by atoms with E-state index in [9.17, 15) is 25.0 Å². The zero-order chi connectivity index (χ0) is 18.4. The first-order valence-electron chi connectivity index (χ1n) is 6.96. The molecule has 130 valence electrons. The first-order chi connectivity index (χ1) is 11.9. The highest BCUT2D eigenvalue weighted by Gasteiger charge is 2.20. The van der Waals surface area contributed by atoms with Crippen LogP contribution in [0.2, 0.25) is 0 Å². The number of nitrogens with zero attached hydrogens (tertiary/aromatic N) is 3. The van der Waals surface area contributed by atoms with Gasteiger partial charge >= 0.3 is 0 Å². The van der Waals surface area contributed by atoms with Gasteiger partial charge in [-0.15, -0.1) is 0 Å². The molecule has 1 amide bonds. The number of aliphatic hydroxyl groups is 1. The van der Waals surface area contributed by atoms with E-state index in [-0.39, 0.29) is 12.2 Å². The van der Waals surface area contributed by atoms with Crippen molar-refractivity contribution in [3.05, 3.63) is 62.3 Å². The molecule has 0 spiro atoms. The minimum atomic E-state index is -0.813. The van der Waals surface area contributed by atoms with Gasteiger partial charge in [0.1, 0.15) is 5.82 Å². The summed E-state index contributed by atoms with van der Waals surface area (Å²) in [6.07, 6.45) is 1.34. The van der Waals surface area contributed by atoms with Crippen molar-refractivity contribution in [2.45, 2.75) is 0 Å². The number of rotatable bonds is 7. The highest BCUT2D eigenvalue weighted by molar-refractivity contribution is 6.05. The Morgan fingerprint density at radius 3 is 2.24 bits per heavy atom. The van der Waals surface area contributed by atoms with Gasteiger partial charge in [-0.1, -0.05) is 0 Å². The Morgan fingerprint density at radius 2 is 1.76 bits per heavy atom. The maximum absolute atomic E-state index is 12.2. The van der Waals surface area contributed by atoms with Crippen molar-refractivity contribution in [3.8, 4) is 0 Å². The third-order valence-electron chi connectivity index (χ3n) is 3.03. The van der Waals surface area contributed by atoms with E-state index in [4.69, 9.17) is 5.11 Å². The third kappa shape index (κ3) is 4.68. The molecule has 0 aliphatic heterocycles. The van der Waals surface area contributed by atoms with Gasteiger partial charge in [-0.25, -0.2) is 4.98 Å². The molecule has 0 saturated carbocycles. The van der Waals surface area contributed by atoms with E-state index in [0.29, 0.717) is 18.1 Å². The molecule has 0 aliphatic rings. The minimum absolute atomic E-state index is 0.0638. The number of carbonyl (C=O) groups excluding carboxylic acids is 1. The first-order valence-corrected chi connectivity index (χ1v) is 6.96. The maximum Gasteiger partial charge on any atom is 0.277 e. The summed E-state index contributed by atoms with van der Waals surface area (Å²) < 4.78 is 0. The van der Waals surface area contributed by atoms with Crippen LogP contribution < -0.4 is 10.6 Å². The Bertz CT molecular complexity index is 776. The number of aromatic nitrogens is 1. The number of nitrogens with one attached hydrogen (secondary N) is 2. The van der Waals surface area contributed by atoms with Crippen molar-refractivity contribution in [2.75, 3.05) is 23.8 Å². The summed E-state index contributed by atoms with van der Waals surface area (Å²) in [6.45, 7) is 0.252. The Morgan fingerprint density at radius 1 is 1.12 bits per heavy atom. The van der Waals surface area contributed by atoms with Crippen molar-refractivity contribution in [2.24, 2.45) is 0 Å². The highest BCUT2D eigenvalue weighted by Crippen LogP contribution is 2.23. The lowest BCUT2D eigenvalue weighted by atomic mass is 10.1. The van der Waals surface area contributed by atoms with Gasteiger partial charge in [-0.3, -0.25) is 25.0 Å². The van der Waals surface area contributed by atoms with Crippen LogP contribution in [0.15, 0.2) is 36.5 Å². The average Bonchev–Trinajstić information content (AvgIpc) is 2.60. The van der Waals surface area contributed by atoms with Gasteiger partial charge in [-0.05, 0) is 12.1 Å². The van der Waals surface area contributed by atoms with E-state index < -0.39 is 27.1 Å². The molecule has 2 aromatic rings. The quantitative estimate of drug-likeness (QED) is 0.502. The largest absolute Gasteiger partial charge is 0.395 e. The molecular weight excluding hydrogens is 334 g/mol. The Kier molecular flexibility index (Phi) is 5.53. The second-order valence-corrected chi connectivity index (χ2v) is 4.79. The Hall–Kier alpha value is -3.60. The molecule has 0 radical (unpaired) electrons. The molecule has 25 heavy (non-hydrogen) atoms. The van der Waals surface area contributed by atoms with Crippen LogP contribution in [0, 0.1) is 20.2 Å². The molecule has 3 N–H and O–H groups in total. The van der Waals surface area contributed by atoms with Crippen molar-refractivity contribution in [3.63, 3.8) is 0 Å². The molecule has 0 bridgehead atoms. The van der Waals surface area contributed by atoms with Gasteiger partial charge < -0.3 is 15.7 Å². The van der Waals surface area contributed by atoms with E-state index in [2.05, 4.69) is 15.6 Å². The standard InChI is InChI=1S/C14H13N5O6/c20-4-3-15-13-2-1-10(8-16-13)17-14(21)9-5-11(18(22)23)7-12(6-9)19(24)25/h1-2,5-8,20H,3-4H2,(H,15,16)(H,17,21). The number of amides is 1. The average molecular weight is 347 g/mol. The Balaban J connectivity index is 2.19. The van der Waals surface area contributed by atoms with E-state index in [1.807, 2.05) is 0 Å². The Labute approximate surface area is 140 Å². The number of anilines is 2. The lowest BCUT2D eigenvalue weighted by Crippen LogP contribution is -2.13. The van der Waals surface area contributed by atoms with Crippen molar-refractivity contribution >= 4 is 28.8 Å². The van der Waals surface area contributed by atoms with E-state index in [1.54, 1.807) is 6.07 Å². The van der Waals surface area contributed by atoms with Crippen LogP contribution in [0.4, 0.5) is 22.9 Å². The fourth-order valence-electron chi connectivity index (χ4n) is 1.90. The van der Waals surface area contributed by atoms with Crippen LogP contribution in [0.3, 0.4) is 0 Å². The number of aliphatic hydroxyl groups excluding tert-OH is 1. The van der Waals surface area contributed by atoms with Crippen LogP contribution >= 0.6 is 0 Å². The summed E-state index contributed by atoms with van der Waals surface area (Å²) in [5, 5.41) is 35.7. The molecule has 0 unspecified atom stereocenters. The molecule has 2 rings (SSSR count). The highest BCUT2D eigenvalue weighted by atomic mass is 16.6. The second-order valence-electron chi connectivity index (χ2n) is 4.79. The summed E-state index contributed by atoms with van der Waals surface area (Å²) >= 11 is 0. The molecule has 0 fully saturated rings. The number of benzene rings is 1. The predicted molar refractivity (Wildman–Crippen MR) is 87.5 cm³/mol. The molecule has 11 heteroatoms. The van der Waals surface area contributed by atoms with Gasteiger partial charge in [0.05, 0.1) is 40.0 Å². The van der Waals surface area contributed by atoms with Gasteiger partial charge in [0.2, 0.25) is 0 Å². The number of nitro benzene ring substituents is 2. The molecule has 1 aromatic heterocycles. The number of pyridine rings is 1. The van der Waals surface area contributed by atoms with E-state index in [0.717, 1.165) is 18.2 Å². The van der Waals surface area contributed by atoms with E-state index in [1.165, 1.54) is 12.3 Å². The summed E-state index contributed by atoms with van der Waals surface area (Å²) in [7, 11) is 0. The van der Waals surface area contributed by atoms with Crippen LogP contribution in [0.5, 0.6) is 0 Å². The SMILES string of the molecule is O=C(Nc1ccc(NCCO)nc1)c1cc([N+](=O)[O-])cc([N+](=O)[O-])c1. The molecule has 1 aromatic carbocycles. The zero-order valence-electron chi connectivity index (χ0n) is 12.7. The van der Waals surface area contributed by atoms with Gasteiger partial charge in [-0.2, -0.15) is 0 Å². The van der Waals surface area contributed by atoms with Gasteiger partial charge in [0.25, 0.3) is 17.3 Å². The predicted octanol–water partition coefficient (Wildman–Crippen LogP) is 1.55. The minimum Gasteiger partial charge on any atom is -0.395 e. The number of hydrogen-bond donors (Lipinski definition) is 3. The number of non-ortho nitro benzene ring substituents is 2. The molecule has 1 heterocycles. The molecule has 0 saturated heterocycles. The molecule has 0 aliphatic carbocycles. The number of hydrogen-bond acceptors (Lipinski definition) is 8. The van der Waals surface area contributed by atoms with Gasteiger partial charge in [0, 0.05) is 18.7 Å². The molecular formula is C14H13N5O6. The smallest absolute Gasteiger partial charge is 0.277 e. The molecule has 0 atom stereocenters. The molecule has 11 nitrogen and oxygen atoms in total. The fraction of sp³-hybridized carbons (Fsp3) is 0.143. The van der Waals surface area contributed by atoms with E-state index >= 15 is 0 Å². The van der Waals surface area contributed by atoms with Crippen LogP contribution in [0.25, 0.3) is 0 Å². The lowest BCUT2D eigenvalue weighted by molar-refractivity contribution is -0.394. The van der Waals surface area contributed by atoms with Crippen LogP contribution in [-0.4, -0.2) is 39.0 Å².